The van der Waals surface area contributed by atoms with Gasteiger partial charge in [-0.1, -0.05) is 0 Å². The predicted octanol–water partition coefficient (Wildman–Crippen LogP) is -0.674. The third-order valence-electron chi connectivity index (χ3n) is 4.56. The molecule has 2 amide bonds. The third-order valence-corrected chi connectivity index (χ3v) is 4.56. The Hall–Kier alpha value is -1.83. The van der Waals surface area contributed by atoms with Gasteiger partial charge in [-0.15, -0.1) is 0 Å². The van der Waals surface area contributed by atoms with Gasteiger partial charge in [0.25, 0.3) is 0 Å². The molecular formula is C17H32N6O2. The summed E-state index contributed by atoms with van der Waals surface area (Å²) in [6, 6.07) is 0.132. The summed E-state index contributed by atoms with van der Waals surface area (Å²) < 4.78 is 0. The Morgan fingerprint density at radius 2 is 1.64 bits per heavy atom. The van der Waals surface area contributed by atoms with Crippen LogP contribution in [0.4, 0.5) is 0 Å². The van der Waals surface area contributed by atoms with Gasteiger partial charge in [0.15, 0.2) is 5.96 Å². The SMILES string of the molecule is CN=C(NCC(=O)NC(C)C)N1CCN(CC(=O)N2CCCC2)CC1. The molecule has 0 aromatic carbocycles. The first kappa shape index (κ1) is 19.5. The second-order valence-corrected chi connectivity index (χ2v) is 6.97. The van der Waals surface area contributed by atoms with Crippen LogP contribution in [0.1, 0.15) is 26.7 Å². The van der Waals surface area contributed by atoms with E-state index in [0.717, 1.165) is 58.1 Å². The van der Waals surface area contributed by atoms with Crippen LogP contribution >= 0.6 is 0 Å². The van der Waals surface area contributed by atoms with E-state index in [1.165, 1.54) is 0 Å². The molecular weight excluding hydrogens is 320 g/mol. The average molecular weight is 352 g/mol. The Bertz CT molecular complexity index is 480. The molecule has 2 fully saturated rings. The molecule has 0 aromatic heterocycles. The molecule has 0 unspecified atom stereocenters. The summed E-state index contributed by atoms with van der Waals surface area (Å²) in [6.45, 7) is 9.70. The van der Waals surface area contributed by atoms with Crippen molar-refractivity contribution in [3.05, 3.63) is 0 Å². The van der Waals surface area contributed by atoms with E-state index in [0.29, 0.717) is 6.54 Å². The van der Waals surface area contributed by atoms with E-state index >= 15 is 0 Å². The quantitative estimate of drug-likeness (QED) is 0.507. The lowest BCUT2D eigenvalue weighted by atomic mass is 10.3. The van der Waals surface area contributed by atoms with Crippen molar-refractivity contribution in [1.29, 1.82) is 0 Å². The summed E-state index contributed by atoms with van der Waals surface area (Å²) in [5.74, 6) is 0.953. The van der Waals surface area contributed by atoms with Crippen molar-refractivity contribution in [2.75, 3.05) is 59.4 Å². The van der Waals surface area contributed by atoms with Crippen LogP contribution in [0.15, 0.2) is 4.99 Å². The van der Waals surface area contributed by atoms with Gasteiger partial charge in [-0.2, -0.15) is 0 Å². The number of carbonyl (C=O) groups is 2. The summed E-state index contributed by atoms with van der Waals surface area (Å²) in [7, 11) is 1.73. The molecule has 0 bridgehead atoms. The first-order valence-electron chi connectivity index (χ1n) is 9.24. The van der Waals surface area contributed by atoms with Crippen molar-refractivity contribution in [3.8, 4) is 0 Å². The van der Waals surface area contributed by atoms with E-state index < -0.39 is 0 Å². The average Bonchev–Trinajstić information content (AvgIpc) is 3.11. The Balaban J connectivity index is 1.72. The molecule has 2 heterocycles. The number of rotatable bonds is 5. The first-order valence-corrected chi connectivity index (χ1v) is 9.24. The van der Waals surface area contributed by atoms with Crippen molar-refractivity contribution in [1.82, 2.24) is 25.3 Å². The molecule has 0 aliphatic carbocycles. The standard InChI is InChI=1S/C17H32N6O2/c1-14(2)20-15(24)12-19-17(18-3)23-10-8-21(9-11-23)13-16(25)22-6-4-5-7-22/h14H,4-13H2,1-3H3,(H,18,19)(H,20,24). The fourth-order valence-electron chi connectivity index (χ4n) is 3.24. The lowest BCUT2D eigenvalue weighted by Gasteiger charge is -2.36. The highest BCUT2D eigenvalue weighted by molar-refractivity contribution is 5.86. The van der Waals surface area contributed by atoms with Crippen molar-refractivity contribution in [2.45, 2.75) is 32.7 Å². The van der Waals surface area contributed by atoms with Gasteiger partial charge in [0, 0.05) is 52.4 Å². The summed E-state index contributed by atoms with van der Waals surface area (Å²) in [5, 5.41) is 5.97. The van der Waals surface area contributed by atoms with Gasteiger partial charge in [-0.05, 0) is 26.7 Å². The molecule has 2 aliphatic heterocycles. The number of guanidine groups is 1. The third kappa shape index (κ3) is 6.19. The number of nitrogens with one attached hydrogen (secondary N) is 2. The van der Waals surface area contributed by atoms with Crippen LogP contribution in [-0.2, 0) is 9.59 Å². The van der Waals surface area contributed by atoms with Gasteiger partial charge >= 0.3 is 0 Å². The van der Waals surface area contributed by atoms with Crippen LogP contribution in [0.3, 0.4) is 0 Å². The Labute approximate surface area is 150 Å². The molecule has 2 saturated heterocycles. The molecule has 142 valence electrons. The number of nitrogens with zero attached hydrogens (tertiary/aromatic N) is 4. The Morgan fingerprint density at radius 3 is 2.20 bits per heavy atom. The molecule has 0 spiro atoms. The summed E-state index contributed by atoms with van der Waals surface area (Å²) in [5.41, 5.74) is 0. The van der Waals surface area contributed by atoms with E-state index in [4.69, 9.17) is 0 Å². The first-order chi connectivity index (χ1) is 12.0. The molecule has 2 rings (SSSR count). The number of amides is 2. The highest BCUT2D eigenvalue weighted by Gasteiger charge is 2.24. The molecule has 8 nitrogen and oxygen atoms in total. The molecule has 8 heteroatoms. The van der Waals surface area contributed by atoms with Crippen molar-refractivity contribution < 1.29 is 9.59 Å². The zero-order chi connectivity index (χ0) is 18.2. The summed E-state index contributed by atoms with van der Waals surface area (Å²) in [4.78, 5) is 34.6. The maximum atomic E-state index is 12.2. The van der Waals surface area contributed by atoms with Crippen LogP contribution in [0, 0.1) is 0 Å². The number of aliphatic imine (C=N–C) groups is 1. The van der Waals surface area contributed by atoms with E-state index in [-0.39, 0.29) is 24.4 Å². The van der Waals surface area contributed by atoms with E-state index in [9.17, 15) is 9.59 Å². The molecule has 2 aliphatic rings. The molecule has 0 radical (unpaired) electrons. The topological polar surface area (TPSA) is 80.3 Å². The smallest absolute Gasteiger partial charge is 0.239 e. The lowest BCUT2D eigenvalue weighted by molar-refractivity contribution is -0.131. The Kier molecular flexibility index (Phi) is 7.49. The monoisotopic (exact) mass is 352 g/mol. The van der Waals surface area contributed by atoms with Crippen molar-refractivity contribution >= 4 is 17.8 Å². The molecule has 0 saturated carbocycles. The van der Waals surface area contributed by atoms with Gasteiger partial charge in [0.1, 0.15) is 0 Å². The van der Waals surface area contributed by atoms with Crippen LogP contribution in [0.2, 0.25) is 0 Å². The number of piperazine rings is 1. The zero-order valence-corrected chi connectivity index (χ0v) is 15.8. The summed E-state index contributed by atoms with van der Waals surface area (Å²) in [6.07, 6.45) is 2.26. The fraction of sp³-hybridized carbons (Fsp3) is 0.824. The summed E-state index contributed by atoms with van der Waals surface area (Å²) >= 11 is 0. The van der Waals surface area contributed by atoms with Gasteiger partial charge in [0.2, 0.25) is 11.8 Å². The van der Waals surface area contributed by atoms with E-state index in [1.807, 2.05) is 18.7 Å². The van der Waals surface area contributed by atoms with E-state index in [1.54, 1.807) is 7.05 Å². The minimum Gasteiger partial charge on any atom is -0.352 e. The number of carbonyl (C=O) groups excluding carboxylic acids is 2. The minimum absolute atomic E-state index is 0.0361. The van der Waals surface area contributed by atoms with Crippen molar-refractivity contribution in [2.24, 2.45) is 4.99 Å². The largest absolute Gasteiger partial charge is 0.352 e. The number of hydrogen-bond donors (Lipinski definition) is 2. The fourth-order valence-corrected chi connectivity index (χ4v) is 3.24. The molecule has 0 aromatic rings. The maximum Gasteiger partial charge on any atom is 0.239 e. The Morgan fingerprint density at radius 1 is 1.00 bits per heavy atom. The van der Waals surface area contributed by atoms with Crippen LogP contribution in [0.5, 0.6) is 0 Å². The molecule has 2 N–H and O–H groups in total. The van der Waals surface area contributed by atoms with Gasteiger partial charge < -0.3 is 20.4 Å². The van der Waals surface area contributed by atoms with Crippen molar-refractivity contribution in [3.63, 3.8) is 0 Å². The van der Waals surface area contributed by atoms with Crippen LogP contribution < -0.4 is 10.6 Å². The number of likely N-dealkylation sites (tertiary alicyclic amines) is 1. The highest BCUT2D eigenvalue weighted by Crippen LogP contribution is 2.09. The second-order valence-electron chi connectivity index (χ2n) is 6.97. The normalized spacial score (nSPS) is 19.4. The lowest BCUT2D eigenvalue weighted by Crippen LogP contribution is -2.55. The van der Waals surface area contributed by atoms with Crippen LogP contribution in [0.25, 0.3) is 0 Å². The van der Waals surface area contributed by atoms with E-state index in [2.05, 4.69) is 25.4 Å². The van der Waals surface area contributed by atoms with Gasteiger partial charge in [-0.25, -0.2) is 0 Å². The minimum atomic E-state index is -0.0361. The highest BCUT2D eigenvalue weighted by atomic mass is 16.2. The molecule has 25 heavy (non-hydrogen) atoms. The zero-order valence-electron chi connectivity index (χ0n) is 15.8. The second kappa shape index (κ2) is 9.60. The molecule has 0 atom stereocenters. The maximum absolute atomic E-state index is 12.2. The number of hydrogen-bond acceptors (Lipinski definition) is 4. The predicted molar refractivity (Wildman–Crippen MR) is 98.5 cm³/mol. The van der Waals surface area contributed by atoms with Crippen LogP contribution in [-0.4, -0.2) is 97.9 Å². The van der Waals surface area contributed by atoms with Gasteiger partial charge in [0.05, 0.1) is 13.1 Å². The van der Waals surface area contributed by atoms with Gasteiger partial charge in [-0.3, -0.25) is 19.5 Å².